The van der Waals surface area contributed by atoms with Crippen molar-refractivity contribution in [2.24, 2.45) is 0 Å². The van der Waals surface area contributed by atoms with E-state index >= 15 is 0 Å². The van der Waals surface area contributed by atoms with E-state index in [2.05, 4.69) is 261 Å². The molecule has 3 nitrogen and oxygen atoms in total. The molecule has 9 aromatic rings. The van der Waals surface area contributed by atoms with E-state index in [9.17, 15) is 0 Å². The lowest BCUT2D eigenvalue weighted by atomic mass is 9.33. The summed E-state index contributed by atoms with van der Waals surface area (Å²) >= 11 is 0. The first-order valence-electron chi connectivity index (χ1n) is 29.5. The molecular weight excluding hydrogens is 956 g/mol. The van der Waals surface area contributed by atoms with Gasteiger partial charge in [0.2, 0.25) is 0 Å². The average Bonchev–Trinajstić information content (AvgIpc) is 2.57. The molecule has 8 aromatic carbocycles. The van der Waals surface area contributed by atoms with Crippen LogP contribution in [-0.2, 0) is 32.5 Å². The highest BCUT2D eigenvalue weighted by molar-refractivity contribution is 7.00. The maximum atomic E-state index is 7.55. The number of rotatable bonds is 4. The molecule has 0 amide bonds. The van der Waals surface area contributed by atoms with Gasteiger partial charge in [-0.15, -0.1) is 0 Å². The second-order valence-corrected chi connectivity index (χ2v) is 29.3. The zero-order valence-corrected chi connectivity index (χ0v) is 50.4. The zero-order valence-electron chi connectivity index (χ0n) is 50.4. The Labute approximate surface area is 472 Å². The molecule has 0 atom stereocenters. The fraction of sp³-hybridized carbons (Fsp3) is 0.360. The van der Waals surface area contributed by atoms with Gasteiger partial charge in [-0.3, -0.25) is 0 Å². The van der Waals surface area contributed by atoms with Gasteiger partial charge in [0.05, 0.1) is 11.4 Å². The highest BCUT2D eigenvalue weighted by atomic mass is 16.3. The minimum atomic E-state index is -0.109. The molecule has 2 aliphatic carbocycles. The maximum absolute atomic E-state index is 7.55. The molecule has 0 radical (unpaired) electrons. The molecule has 0 saturated heterocycles. The van der Waals surface area contributed by atoms with Crippen LogP contribution in [0.15, 0.2) is 138 Å². The third kappa shape index (κ3) is 7.87. The van der Waals surface area contributed by atoms with Crippen molar-refractivity contribution < 1.29 is 4.42 Å². The third-order valence-corrected chi connectivity index (χ3v) is 19.7. The van der Waals surface area contributed by atoms with E-state index in [1.54, 1.807) is 0 Å². The van der Waals surface area contributed by atoms with E-state index in [0.717, 1.165) is 47.2 Å². The molecular formula is C75H81BN2O. The average molecular weight is 1040 g/mol. The van der Waals surface area contributed by atoms with Gasteiger partial charge in [0, 0.05) is 39.1 Å². The summed E-state index contributed by atoms with van der Waals surface area (Å²) in [5, 5.41) is 2.37. The lowest BCUT2D eigenvalue weighted by molar-refractivity contribution is 0.332. The quantitative estimate of drug-likeness (QED) is 0.164. The van der Waals surface area contributed by atoms with Crippen LogP contribution in [0.5, 0.6) is 0 Å². The second-order valence-electron chi connectivity index (χ2n) is 29.3. The number of hydrogen-bond donors (Lipinski definition) is 0. The molecule has 1 aromatic heterocycles. The van der Waals surface area contributed by atoms with E-state index in [4.69, 9.17) is 4.42 Å². The summed E-state index contributed by atoms with van der Waals surface area (Å²) < 4.78 is 7.55. The van der Waals surface area contributed by atoms with Crippen molar-refractivity contribution in [3.8, 4) is 22.3 Å². The molecule has 400 valence electrons. The number of aryl methyl sites for hydroxylation is 3. The fourth-order valence-corrected chi connectivity index (χ4v) is 15.1. The van der Waals surface area contributed by atoms with E-state index in [1.165, 1.54) is 123 Å². The highest BCUT2D eigenvalue weighted by Gasteiger charge is 2.49. The Bertz CT molecular complexity index is 4010. The van der Waals surface area contributed by atoms with E-state index in [-0.39, 0.29) is 39.2 Å². The predicted molar refractivity (Wildman–Crippen MR) is 341 cm³/mol. The van der Waals surface area contributed by atoms with Crippen LogP contribution in [0, 0.1) is 20.8 Å². The summed E-state index contributed by atoms with van der Waals surface area (Å²) in [7, 11) is 0. The second kappa shape index (κ2) is 17.1. The van der Waals surface area contributed by atoms with Gasteiger partial charge in [0.15, 0.2) is 5.58 Å². The normalized spacial score (nSPS) is 17.6. The van der Waals surface area contributed by atoms with Crippen molar-refractivity contribution in [3.05, 3.63) is 184 Å². The van der Waals surface area contributed by atoms with Crippen LogP contribution < -0.4 is 26.2 Å². The smallest absolute Gasteiger partial charge is 0.252 e. The summed E-state index contributed by atoms with van der Waals surface area (Å²) in [4.78, 5) is 5.39. The Kier molecular flexibility index (Phi) is 11.2. The molecule has 0 saturated carbocycles. The van der Waals surface area contributed by atoms with Crippen molar-refractivity contribution in [1.29, 1.82) is 0 Å². The van der Waals surface area contributed by atoms with Gasteiger partial charge in [-0.05, 0) is 205 Å². The monoisotopic (exact) mass is 1040 g/mol. The van der Waals surface area contributed by atoms with Crippen molar-refractivity contribution in [1.82, 2.24) is 0 Å². The van der Waals surface area contributed by atoms with Crippen LogP contribution in [0.4, 0.5) is 34.1 Å². The van der Waals surface area contributed by atoms with Crippen molar-refractivity contribution in [3.63, 3.8) is 0 Å². The Hall–Kier alpha value is -6.78. The zero-order chi connectivity index (χ0) is 55.8. The van der Waals surface area contributed by atoms with E-state index < -0.39 is 0 Å². The Morgan fingerprint density at radius 1 is 0.481 bits per heavy atom. The largest absolute Gasteiger partial charge is 0.454 e. The van der Waals surface area contributed by atoms with Crippen LogP contribution >= 0.6 is 0 Å². The van der Waals surface area contributed by atoms with Crippen LogP contribution in [-0.4, -0.2) is 6.71 Å². The van der Waals surface area contributed by atoms with Gasteiger partial charge >= 0.3 is 0 Å². The van der Waals surface area contributed by atoms with Crippen LogP contribution in [0.1, 0.15) is 173 Å². The Morgan fingerprint density at radius 2 is 1.09 bits per heavy atom. The lowest BCUT2D eigenvalue weighted by Crippen LogP contribution is -2.62. The van der Waals surface area contributed by atoms with Crippen molar-refractivity contribution in [2.75, 3.05) is 9.80 Å². The first kappa shape index (κ1) is 51.6. The van der Waals surface area contributed by atoms with Gasteiger partial charge in [0.25, 0.3) is 6.71 Å². The van der Waals surface area contributed by atoms with Crippen molar-refractivity contribution in [2.45, 2.75) is 176 Å². The molecule has 0 unspecified atom stereocenters. The number of hydrogen-bond acceptors (Lipinski definition) is 3. The summed E-state index contributed by atoms with van der Waals surface area (Å²) in [6.07, 6.45) is 4.61. The molecule has 13 rings (SSSR count). The molecule has 0 bridgehead atoms. The number of fused-ring (bicyclic) bond motifs is 10. The van der Waals surface area contributed by atoms with Crippen molar-refractivity contribution >= 4 is 79.2 Å². The third-order valence-electron chi connectivity index (χ3n) is 19.7. The van der Waals surface area contributed by atoms with E-state index in [0.29, 0.717) is 0 Å². The maximum Gasteiger partial charge on any atom is 0.252 e. The molecule has 2 aliphatic heterocycles. The number of benzene rings is 8. The standard InChI is InChI=1S/C75H81BN2O/c1-44-36-45(2)65(46(3)37-44)48-38-62-67-63(39-48)78(60-31-26-49(70(4,5)6)40-52(60)47-22-19-18-20-23-47)68-58(30-28-51-66-54(71(7,8)9)24-21-25-64(66)79-69(51)68)76(67)59-42-56-57(75(16,17)35-34-74(56,14)15)43-61(59)77(62)50-27-29-53-55(41-50)73(12,13)33-32-72(53,10)11/h18-31,36-43H,32-35H2,1-17H3. The molecule has 0 fully saturated rings. The van der Waals surface area contributed by atoms with Gasteiger partial charge in [-0.2, -0.15) is 0 Å². The minimum Gasteiger partial charge on any atom is -0.454 e. The SMILES string of the molecule is Cc1cc(C)c(-c2cc3c4c(c2)N(c2ccc(C(C)(C)C)cc2-c2ccccc2)c2c(ccc5c2oc2cccc(C(C)(C)C)c25)B4c2cc4c(cc2N3c2ccc3c(c2)C(C)(C)CCC3(C)C)C(C)(C)CCC4(C)C)c(C)c1. The van der Waals surface area contributed by atoms with E-state index in [1.807, 2.05) is 0 Å². The number of anilines is 6. The van der Waals surface area contributed by atoms with Gasteiger partial charge in [0.1, 0.15) is 5.58 Å². The molecule has 0 spiro atoms. The summed E-state index contributed by atoms with van der Waals surface area (Å²) in [5.74, 6) is 0. The molecule has 79 heavy (non-hydrogen) atoms. The number of nitrogens with zero attached hydrogens (tertiary/aromatic N) is 2. The molecule has 3 heterocycles. The first-order valence-corrected chi connectivity index (χ1v) is 29.5. The van der Waals surface area contributed by atoms with Gasteiger partial charge < -0.3 is 14.2 Å². The van der Waals surface area contributed by atoms with Gasteiger partial charge in [-0.1, -0.05) is 187 Å². The van der Waals surface area contributed by atoms with Gasteiger partial charge in [-0.25, -0.2) is 0 Å². The highest BCUT2D eigenvalue weighted by Crippen LogP contribution is 2.55. The summed E-state index contributed by atoms with van der Waals surface area (Å²) in [6.45, 7) is 40.6. The fourth-order valence-electron chi connectivity index (χ4n) is 15.1. The predicted octanol–water partition coefficient (Wildman–Crippen LogP) is 19.2. The van der Waals surface area contributed by atoms with Crippen LogP contribution in [0.3, 0.4) is 0 Å². The Morgan fingerprint density at radius 3 is 1.72 bits per heavy atom. The number of furan rings is 1. The summed E-state index contributed by atoms with van der Waals surface area (Å²) in [6, 6.07) is 52.9. The molecule has 0 N–H and O–H groups in total. The lowest BCUT2D eigenvalue weighted by Gasteiger charge is -2.48. The van der Waals surface area contributed by atoms with Crippen LogP contribution in [0.25, 0.3) is 44.2 Å². The first-order chi connectivity index (χ1) is 37.1. The Balaban J connectivity index is 1.24. The van der Waals surface area contributed by atoms with Crippen LogP contribution in [0.2, 0.25) is 0 Å². The summed E-state index contributed by atoms with van der Waals surface area (Å²) in [5.41, 5.74) is 30.3. The molecule has 4 heteroatoms. The topological polar surface area (TPSA) is 19.6 Å². The minimum absolute atomic E-state index is 0.00361. The molecule has 4 aliphatic rings.